The zero-order chi connectivity index (χ0) is 9.97. The van der Waals surface area contributed by atoms with E-state index in [2.05, 4.69) is 5.32 Å². The van der Waals surface area contributed by atoms with Gasteiger partial charge in [0.1, 0.15) is 5.78 Å². The fraction of sp³-hybridized carbons (Fsp3) is 0.917. The molecule has 0 aromatic carbocycles. The molecular formula is C12H21NO. The molecule has 1 aliphatic carbocycles. The first kappa shape index (κ1) is 10.2. The third-order valence-corrected chi connectivity index (χ3v) is 3.97. The summed E-state index contributed by atoms with van der Waals surface area (Å²) in [4.78, 5) is 11.2. The Morgan fingerprint density at radius 3 is 2.43 bits per heavy atom. The van der Waals surface area contributed by atoms with Crippen molar-refractivity contribution < 1.29 is 4.79 Å². The van der Waals surface area contributed by atoms with Crippen LogP contribution in [0.25, 0.3) is 0 Å². The molecule has 0 spiro atoms. The molecule has 2 rings (SSSR count). The van der Waals surface area contributed by atoms with Gasteiger partial charge < -0.3 is 5.32 Å². The first-order valence-electron chi connectivity index (χ1n) is 6.01. The standard InChI is InChI=1S/C12H21NO/c1-9(14)12-7-11(8-13-12)10-5-3-2-4-6-10/h10-13H,2-8H2,1H3/t11-,12+/m1/s1. The van der Waals surface area contributed by atoms with E-state index in [1.165, 1.54) is 32.1 Å². The Morgan fingerprint density at radius 2 is 1.86 bits per heavy atom. The zero-order valence-corrected chi connectivity index (χ0v) is 9.09. The maximum Gasteiger partial charge on any atom is 0.146 e. The predicted octanol–water partition coefficient (Wildman–Crippen LogP) is 2.13. The van der Waals surface area contributed by atoms with Crippen molar-refractivity contribution in [3.8, 4) is 0 Å². The minimum absolute atomic E-state index is 0.168. The van der Waals surface area contributed by atoms with E-state index >= 15 is 0 Å². The van der Waals surface area contributed by atoms with Crippen molar-refractivity contribution in [1.29, 1.82) is 0 Å². The summed E-state index contributed by atoms with van der Waals surface area (Å²) in [7, 11) is 0. The molecule has 2 atom stereocenters. The molecule has 0 radical (unpaired) electrons. The molecule has 2 nitrogen and oxygen atoms in total. The highest BCUT2D eigenvalue weighted by atomic mass is 16.1. The summed E-state index contributed by atoms with van der Waals surface area (Å²) in [6.07, 6.45) is 8.14. The molecule has 1 heterocycles. The lowest BCUT2D eigenvalue weighted by atomic mass is 9.79. The topological polar surface area (TPSA) is 29.1 Å². The number of hydrogen-bond acceptors (Lipinski definition) is 2. The smallest absolute Gasteiger partial charge is 0.146 e. The summed E-state index contributed by atoms with van der Waals surface area (Å²) < 4.78 is 0. The summed E-state index contributed by atoms with van der Waals surface area (Å²) >= 11 is 0. The first-order chi connectivity index (χ1) is 6.77. The normalized spacial score (nSPS) is 34.6. The molecule has 1 saturated carbocycles. The lowest BCUT2D eigenvalue weighted by Gasteiger charge is -2.26. The Hall–Kier alpha value is -0.370. The van der Waals surface area contributed by atoms with E-state index in [1.807, 2.05) is 0 Å². The van der Waals surface area contributed by atoms with Crippen molar-refractivity contribution in [2.75, 3.05) is 6.54 Å². The summed E-state index contributed by atoms with van der Waals surface area (Å²) in [5.74, 6) is 2.01. The van der Waals surface area contributed by atoms with Crippen LogP contribution in [0.2, 0.25) is 0 Å². The number of ketones is 1. The Balaban J connectivity index is 1.85. The van der Waals surface area contributed by atoms with Gasteiger partial charge in [0.15, 0.2) is 0 Å². The highest BCUT2D eigenvalue weighted by molar-refractivity contribution is 5.81. The lowest BCUT2D eigenvalue weighted by Crippen LogP contribution is -2.28. The first-order valence-corrected chi connectivity index (χ1v) is 6.01. The molecule has 0 bridgehead atoms. The number of carbonyl (C=O) groups is 1. The fourth-order valence-corrected chi connectivity index (χ4v) is 3.04. The van der Waals surface area contributed by atoms with Crippen LogP contribution in [-0.2, 0) is 4.79 Å². The van der Waals surface area contributed by atoms with Crippen molar-refractivity contribution in [3.63, 3.8) is 0 Å². The van der Waals surface area contributed by atoms with Gasteiger partial charge in [-0.3, -0.25) is 4.79 Å². The molecule has 0 aromatic heterocycles. The van der Waals surface area contributed by atoms with Gasteiger partial charge >= 0.3 is 0 Å². The van der Waals surface area contributed by atoms with Gasteiger partial charge in [0.05, 0.1) is 6.04 Å². The van der Waals surface area contributed by atoms with E-state index in [4.69, 9.17) is 0 Å². The van der Waals surface area contributed by atoms with Crippen LogP contribution in [0.15, 0.2) is 0 Å². The summed E-state index contributed by atoms with van der Waals surface area (Å²) in [6.45, 7) is 2.79. The minimum atomic E-state index is 0.168. The molecule has 2 aliphatic rings. The van der Waals surface area contributed by atoms with Crippen LogP contribution in [0, 0.1) is 11.8 Å². The third-order valence-electron chi connectivity index (χ3n) is 3.97. The number of rotatable bonds is 2. The Kier molecular flexibility index (Phi) is 3.22. The average Bonchev–Trinajstić information content (AvgIpc) is 2.68. The molecule has 2 heteroatoms. The second-order valence-electron chi connectivity index (χ2n) is 4.97. The highest BCUT2D eigenvalue weighted by Crippen LogP contribution is 2.34. The van der Waals surface area contributed by atoms with Crippen LogP contribution in [-0.4, -0.2) is 18.4 Å². The monoisotopic (exact) mass is 195 g/mol. The van der Waals surface area contributed by atoms with Gasteiger partial charge in [-0.25, -0.2) is 0 Å². The number of Topliss-reactive ketones (excluding diaryl/α,β-unsaturated/α-hetero) is 1. The van der Waals surface area contributed by atoms with E-state index in [-0.39, 0.29) is 6.04 Å². The Labute approximate surface area is 86.5 Å². The van der Waals surface area contributed by atoms with E-state index in [9.17, 15) is 4.79 Å². The maximum absolute atomic E-state index is 11.2. The van der Waals surface area contributed by atoms with Crippen molar-refractivity contribution in [2.45, 2.75) is 51.5 Å². The van der Waals surface area contributed by atoms with Crippen LogP contribution < -0.4 is 5.32 Å². The van der Waals surface area contributed by atoms with Crippen LogP contribution in [0.5, 0.6) is 0 Å². The molecule has 1 saturated heterocycles. The van der Waals surface area contributed by atoms with E-state index in [0.29, 0.717) is 5.78 Å². The maximum atomic E-state index is 11.2. The van der Waals surface area contributed by atoms with Crippen LogP contribution >= 0.6 is 0 Å². The molecule has 2 fully saturated rings. The summed E-state index contributed by atoms with van der Waals surface area (Å²) in [5.41, 5.74) is 0. The fourth-order valence-electron chi connectivity index (χ4n) is 3.04. The Bertz CT molecular complexity index is 208. The zero-order valence-electron chi connectivity index (χ0n) is 9.09. The largest absolute Gasteiger partial charge is 0.307 e. The van der Waals surface area contributed by atoms with Crippen LogP contribution in [0.3, 0.4) is 0 Å². The van der Waals surface area contributed by atoms with Gasteiger partial charge in [0, 0.05) is 0 Å². The van der Waals surface area contributed by atoms with E-state index < -0.39 is 0 Å². The van der Waals surface area contributed by atoms with Gasteiger partial charge in [-0.1, -0.05) is 32.1 Å². The van der Waals surface area contributed by atoms with Gasteiger partial charge in [0.2, 0.25) is 0 Å². The van der Waals surface area contributed by atoms with Gasteiger partial charge in [-0.15, -0.1) is 0 Å². The molecule has 14 heavy (non-hydrogen) atoms. The van der Waals surface area contributed by atoms with Gasteiger partial charge in [-0.2, -0.15) is 0 Å². The summed E-state index contributed by atoms with van der Waals surface area (Å²) in [5, 5.41) is 3.35. The second-order valence-corrected chi connectivity index (χ2v) is 4.97. The molecule has 1 N–H and O–H groups in total. The van der Waals surface area contributed by atoms with Gasteiger partial charge in [-0.05, 0) is 31.7 Å². The molecule has 80 valence electrons. The van der Waals surface area contributed by atoms with E-state index in [0.717, 1.165) is 24.8 Å². The average molecular weight is 195 g/mol. The molecule has 0 aromatic rings. The van der Waals surface area contributed by atoms with E-state index in [1.54, 1.807) is 6.92 Å². The SMILES string of the molecule is CC(=O)[C@@H]1C[C@@H](C2CCCCC2)CN1. The quantitative estimate of drug-likeness (QED) is 0.731. The van der Waals surface area contributed by atoms with Crippen molar-refractivity contribution in [3.05, 3.63) is 0 Å². The van der Waals surface area contributed by atoms with Crippen LogP contribution in [0.1, 0.15) is 45.4 Å². The highest BCUT2D eigenvalue weighted by Gasteiger charge is 2.32. The van der Waals surface area contributed by atoms with Gasteiger partial charge in [0.25, 0.3) is 0 Å². The molecule has 0 amide bonds. The minimum Gasteiger partial charge on any atom is -0.307 e. The van der Waals surface area contributed by atoms with Crippen molar-refractivity contribution in [2.24, 2.45) is 11.8 Å². The lowest BCUT2D eigenvalue weighted by molar-refractivity contribution is -0.118. The Morgan fingerprint density at radius 1 is 1.14 bits per heavy atom. The number of carbonyl (C=O) groups excluding carboxylic acids is 1. The van der Waals surface area contributed by atoms with Crippen molar-refractivity contribution >= 4 is 5.78 Å². The summed E-state index contributed by atoms with van der Waals surface area (Å²) in [6, 6.07) is 0.168. The second kappa shape index (κ2) is 4.43. The molecule has 0 unspecified atom stereocenters. The molecule has 1 aliphatic heterocycles. The number of hydrogen-bond donors (Lipinski definition) is 1. The van der Waals surface area contributed by atoms with Crippen molar-refractivity contribution in [1.82, 2.24) is 5.32 Å². The molecular weight excluding hydrogens is 174 g/mol. The number of nitrogens with one attached hydrogen (secondary N) is 1. The van der Waals surface area contributed by atoms with Crippen LogP contribution in [0.4, 0.5) is 0 Å². The third kappa shape index (κ3) is 2.17. The predicted molar refractivity (Wildman–Crippen MR) is 57.2 cm³/mol.